The number of likely N-dealkylation sites (N-methyl/N-ethyl adjacent to an activating group) is 1. The highest BCUT2D eigenvalue weighted by Gasteiger charge is 2.11. The molecule has 82 valence electrons. The van der Waals surface area contributed by atoms with Crippen molar-refractivity contribution >= 4 is 11.6 Å². The highest BCUT2D eigenvalue weighted by Crippen LogP contribution is 2.22. The van der Waals surface area contributed by atoms with E-state index in [2.05, 4.69) is 5.32 Å². The molecule has 0 heterocycles. The van der Waals surface area contributed by atoms with Crippen LogP contribution in [0.4, 0.5) is 4.39 Å². The van der Waals surface area contributed by atoms with Crippen LogP contribution in [0.25, 0.3) is 0 Å². The zero-order valence-electron chi connectivity index (χ0n) is 9.14. The third kappa shape index (κ3) is 3.33. The first kappa shape index (κ1) is 12.2. The Kier molecular flexibility index (Phi) is 4.30. The number of nitrogens with one attached hydrogen (secondary N) is 1. The molecule has 0 aliphatic rings. The highest BCUT2D eigenvalue weighted by molar-refractivity contribution is 6.30. The average Bonchev–Trinajstić information content (AvgIpc) is 2.14. The van der Waals surface area contributed by atoms with Gasteiger partial charge in [0.05, 0.1) is 6.04 Å². The fourth-order valence-corrected chi connectivity index (χ4v) is 1.57. The van der Waals surface area contributed by atoms with Gasteiger partial charge in [0, 0.05) is 10.6 Å². The normalized spacial score (nSPS) is 12.3. The summed E-state index contributed by atoms with van der Waals surface area (Å²) >= 11 is 5.69. The number of hydrogen-bond donors (Lipinski definition) is 1. The Hall–Kier alpha value is -0.860. The number of hydrogen-bond acceptors (Lipinski definition) is 1. The number of benzene rings is 1. The van der Waals surface area contributed by atoms with Crippen molar-refractivity contribution < 1.29 is 4.39 Å². The zero-order chi connectivity index (χ0) is 11.4. The molecule has 0 amide bonds. The molecule has 0 bridgehead atoms. The van der Waals surface area contributed by atoms with Gasteiger partial charge >= 0.3 is 0 Å². The van der Waals surface area contributed by atoms with Crippen LogP contribution >= 0.6 is 11.6 Å². The van der Waals surface area contributed by atoms with Crippen molar-refractivity contribution in [2.45, 2.75) is 19.9 Å². The van der Waals surface area contributed by atoms with Crippen LogP contribution in [0.15, 0.2) is 29.8 Å². The molecule has 1 atom stereocenters. The van der Waals surface area contributed by atoms with E-state index in [1.807, 2.05) is 19.9 Å². The topological polar surface area (TPSA) is 12.0 Å². The minimum absolute atomic E-state index is 0.104. The molecule has 0 aromatic heterocycles. The van der Waals surface area contributed by atoms with E-state index in [0.717, 1.165) is 5.57 Å². The lowest BCUT2D eigenvalue weighted by molar-refractivity contribution is 0.581. The highest BCUT2D eigenvalue weighted by atomic mass is 35.5. The van der Waals surface area contributed by atoms with Gasteiger partial charge in [-0.3, -0.25) is 0 Å². The second kappa shape index (κ2) is 5.29. The van der Waals surface area contributed by atoms with Crippen molar-refractivity contribution in [1.82, 2.24) is 5.32 Å². The van der Waals surface area contributed by atoms with Crippen LogP contribution < -0.4 is 5.32 Å². The second-order valence-electron chi connectivity index (χ2n) is 3.68. The molecule has 0 radical (unpaired) electrons. The Morgan fingerprint density at radius 2 is 2.13 bits per heavy atom. The van der Waals surface area contributed by atoms with E-state index in [-0.39, 0.29) is 11.9 Å². The lowest BCUT2D eigenvalue weighted by Gasteiger charge is -2.14. The summed E-state index contributed by atoms with van der Waals surface area (Å²) in [6.45, 7) is 3.97. The van der Waals surface area contributed by atoms with Gasteiger partial charge in [-0.25, -0.2) is 4.39 Å². The van der Waals surface area contributed by atoms with Crippen LogP contribution in [-0.4, -0.2) is 7.05 Å². The van der Waals surface area contributed by atoms with Gasteiger partial charge in [-0.1, -0.05) is 29.3 Å². The smallest absolute Gasteiger partial charge is 0.129 e. The summed E-state index contributed by atoms with van der Waals surface area (Å²) in [5, 5.41) is 3.47. The predicted octanol–water partition coefficient (Wildman–Crippen LogP) is 3.71. The van der Waals surface area contributed by atoms with Crippen molar-refractivity contribution in [3.63, 3.8) is 0 Å². The van der Waals surface area contributed by atoms with Gasteiger partial charge in [0.2, 0.25) is 0 Å². The maximum atomic E-state index is 13.6. The van der Waals surface area contributed by atoms with E-state index in [4.69, 9.17) is 11.6 Å². The molecule has 1 rings (SSSR count). The maximum Gasteiger partial charge on any atom is 0.129 e. The van der Waals surface area contributed by atoms with E-state index in [9.17, 15) is 4.39 Å². The fourth-order valence-electron chi connectivity index (χ4n) is 1.42. The SMILES string of the molecule is CNC(C=C(C)C)c1ccc(Cl)cc1F. The van der Waals surface area contributed by atoms with E-state index in [1.54, 1.807) is 19.2 Å². The summed E-state index contributed by atoms with van der Waals surface area (Å²) in [6.07, 6.45) is 1.98. The summed E-state index contributed by atoms with van der Waals surface area (Å²) in [5.74, 6) is -0.278. The molecule has 0 aliphatic carbocycles. The first-order valence-electron chi connectivity index (χ1n) is 4.82. The molecular weight excluding hydrogens is 213 g/mol. The van der Waals surface area contributed by atoms with Crippen molar-refractivity contribution in [2.75, 3.05) is 7.05 Å². The standard InChI is InChI=1S/C12H15ClFN/c1-8(2)6-12(15-3)10-5-4-9(13)7-11(10)14/h4-7,12,15H,1-3H3. The van der Waals surface area contributed by atoms with Gasteiger partial charge in [0.15, 0.2) is 0 Å². The molecule has 1 aromatic rings. The molecule has 3 heteroatoms. The number of rotatable bonds is 3. The lowest BCUT2D eigenvalue weighted by Crippen LogP contribution is -2.15. The Morgan fingerprint density at radius 3 is 2.60 bits per heavy atom. The minimum Gasteiger partial charge on any atom is -0.310 e. The molecule has 1 nitrogen and oxygen atoms in total. The second-order valence-corrected chi connectivity index (χ2v) is 4.11. The van der Waals surface area contributed by atoms with Crippen molar-refractivity contribution in [3.8, 4) is 0 Å². The molecule has 0 fully saturated rings. The molecule has 1 N–H and O–H groups in total. The summed E-state index contributed by atoms with van der Waals surface area (Å²) in [5.41, 5.74) is 1.76. The summed E-state index contributed by atoms with van der Waals surface area (Å²) in [4.78, 5) is 0. The van der Waals surface area contributed by atoms with E-state index >= 15 is 0 Å². The van der Waals surface area contributed by atoms with Gasteiger partial charge in [-0.05, 0) is 33.0 Å². The zero-order valence-corrected chi connectivity index (χ0v) is 9.90. The Bertz CT molecular complexity index is 370. The lowest BCUT2D eigenvalue weighted by atomic mass is 10.0. The molecule has 1 unspecified atom stereocenters. The largest absolute Gasteiger partial charge is 0.310 e. The van der Waals surface area contributed by atoms with Gasteiger partial charge in [-0.2, -0.15) is 0 Å². The average molecular weight is 228 g/mol. The molecule has 0 aliphatic heterocycles. The van der Waals surface area contributed by atoms with Crippen LogP contribution in [0.2, 0.25) is 5.02 Å². The van der Waals surface area contributed by atoms with Gasteiger partial charge in [-0.15, -0.1) is 0 Å². The fraction of sp³-hybridized carbons (Fsp3) is 0.333. The molecule has 0 spiro atoms. The first-order chi connectivity index (χ1) is 7.04. The Morgan fingerprint density at radius 1 is 1.47 bits per heavy atom. The Balaban J connectivity index is 3.07. The third-order valence-electron chi connectivity index (χ3n) is 2.11. The van der Waals surface area contributed by atoms with Gasteiger partial charge in [0.25, 0.3) is 0 Å². The van der Waals surface area contributed by atoms with Crippen LogP contribution in [-0.2, 0) is 0 Å². The van der Waals surface area contributed by atoms with Gasteiger partial charge in [0.1, 0.15) is 5.82 Å². The quantitative estimate of drug-likeness (QED) is 0.777. The van der Waals surface area contributed by atoms with E-state index < -0.39 is 0 Å². The Labute approximate surface area is 95.0 Å². The molecule has 1 aromatic carbocycles. The summed E-state index contributed by atoms with van der Waals surface area (Å²) in [6, 6.07) is 4.63. The van der Waals surface area contributed by atoms with Crippen LogP contribution in [0, 0.1) is 5.82 Å². The maximum absolute atomic E-state index is 13.6. The van der Waals surface area contributed by atoms with E-state index in [1.165, 1.54) is 6.07 Å². The van der Waals surface area contributed by atoms with Crippen molar-refractivity contribution in [2.24, 2.45) is 0 Å². The third-order valence-corrected chi connectivity index (χ3v) is 2.34. The monoisotopic (exact) mass is 227 g/mol. The van der Waals surface area contributed by atoms with E-state index in [0.29, 0.717) is 10.6 Å². The number of allylic oxidation sites excluding steroid dienone is 1. The van der Waals surface area contributed by atoms with Crippen LogP contribution in [0.1, 0.15) is 25.5 Å². The molecule has 15 heavy (non-hydrogen) atoms. The molecule has 0 saturated carbocycles. The van der Waals surface area contributed by atoms with Crippen molar-refractivity contribution in [1.29, 1.82) is 0 Å². The van der Waals surface area contributed by atoms with Gasteiger partial charge < -0.3 is 5.32 Å². The van der Waals surface area contributed by atoms with Crippen LogP contribution in [0.3, 0.4) is 0 Å². The molecular formula is C12H15ClFN. The number of halogens is 2. The van der Waals surface area contributed by atoms with Crippen molar-refractivity contribution in [3.05, 3.63) is 46.3 Å². The summed E-state index contributed by atoms with van der Waals surface area (Å²) < 4.78 is 13.6. The minimum atomic E-state index is -0.278. The summed E-state index contributed by atoms with van der Waals surface area (Å²) in [7, 11) is 1.80. The molecule has 0 saturated heterocycles. The first-order valence-corrected chi connectivity index (χ1v) is 5.19. The van der Waals surface area contributed by atoms with Crippen LogP contribution in [0.5, 0.6) is 0 Å². The predicted molar refractivity (Wildman–Crippen MR) is 62.6 cm³/mol.